The number of hydrogen-bond donors (Lipinski definition) is 2. The van der Waals surface area contributed by atoms with Crippen LogP contribution in [0.25, 0.3) is 11.0 Å². The fourth-order valence-electron chi connectivity index (χ4n) is 6.62. The molecule has 3 aromatic rings. The Morgan fingerprint density at radius 1 is 1.13 bits per heavy atom. The average Bonchev–Trinajstić information content (AvgIpc) is 3.57. The third-order valence-electron chi connectivity index (χ3n) is 8.57. The summed E-state index contributed by atoms with van der Waals surface area (Å²) in [6.07, 6.45) is 2.84. The second kappa shape index (κ2) is 9.71. The number of amides is 1. The number of aliphatic hydroxyl groups is 1. The number of nitrogens with zero attached hydrogens (tertiary/aromatic N) is 3. The van der Waals surface area contributed by atoms with Crippen LogP contribution in [0.2, 0.25) is 0 Å². The van der Waals surface area contributed by atoms with E-state index in [2.05, 4.69) is 4.57 Å². The molecule has 1 saturated carbocycles. The van der Waals surface area contributed by atoms with Gasteiger partial charge in [0, 0.05) is 17.6 Å². The van der Waals surface area contributed by atoms with Crippen LogP contribution in [-0.2, 0) is 33.9 Å². The van der Waals surface area contributed by atoms with Crippen molar-refractivity contribution in [2.75, 3.05) is 12.0 Å². The molecule has 3 aliphatic rings. The molecule has 200 valence electrons. The number of aliphatic hydroxyl groups excluding tert-OH is 1. The van der Waals surface area contributed by atoms with Gasteiger partial charge in [0.25, 0.3) is 0 Å². The summed E-state index contributed by atoms with van der Waals surface area (Å²) in [7, 11) is 1.38. The predicted molar refractivity (Wildman–Crippen MR) is 140 cm³/mol. The Morgan fingerprint density at radius 3 is 2.76 bits per heavy atom. The number of rotatable bonds is 4. The highest BCUT2D eigenvalue weighted by Gasteiger charge is 2.36. The summed E-state index contributed by atoms with van der Waals surface area (Å²) >= 11 is 0. The van der Waals surface area contributed by atoms with E-state index in [1.165, 1.54) is 7.11 Å². The molecule has 4 atom stereocenters. The highest BCUT2D eigenvalue weighted by atomic mass is 16.5. The molecule has 9 heteroatoms. The van der Waals surface area contributed by atoms with E-state index in [4.69, 9.17) is 14.5 Å². The molecule has 0 bridgehead atoms. The van der Waals surface area contributed by atoms with Gasteiger partial charge in [-0.3, -0.25) is 9.69 Å². The van der Waals surface area contributed by atoms with Gasteiger partial charge in [-0.25, -0.2) is 9.78 Å². The van der Waals surface area contributed by atoms with Gasteiger partial charge in [0.1, 0.15) is 11.9 Å². The summed E-state index contributed by atoms with van der Waals surface area (Å²) in [6.45, 7) is 2.96. The summed E-state index contributed by atoms with van der Waals surface area (Å²) in [4.78, 5) is 31.3. The average molecular weight is 520 g/mol. The molecule has 3 unspecified atom stereocenters. The van der Waals surface area contributed by atoms with Crippen LogP contribution in [0.4, 0.5) is 10.5 Å². The normalized spacial score (nSPS) is 23.7. The van der Waals surface area contributed by atoms with Gasteiger partial charge in [0.2, 0.25) is 0 Å². The van der Waals surface area contributed by atoms with Crippen LogP contribution in [0, 0.1) is 5.92 Å². The van der Waals surface area contributed by atoms with Gasteiger partial charge >= 0.3 is 12.1 Å². The van der Waals surface area contributed by atoms with E-state index in [1.54, 1.807) is 4.90 Å². The van der Waals surface area contributed by atoms with Crippen LogP contribution >= 0.6 is 0 Å². The standard InChI is InChI=1S/C29H33N3O6/c1-16-9-10-21-23(31(16)29(36)37-2)11-12-24-25(21)30-27(32(24)19-7-3-5-17(13-19)28(34)35)26(33)20-8-4-6-18-14-38-15-22(18)20/h4,6,8,11-12,16-17,19,26,33H,3,5,7,9-10,13-15H2,1-2H3,(H,34,35)/t16-,17?,19?,26?/m0/s1. The number of methoxy groups -OCH3 is 1. The Labute approximate surface area is 221 Å². The zero-order valence-corrected chi connectivity index (χ0v) is 21.7. The smallest absolute Gasteiger partial charge is 0.414 e. The van der Waals surface area contributed by atoms with Crippen molar-refractivity contribution in [1.29, 1.82) is 0 Å². The minimum absolute atomic E-state index is 0.0128. The number of carbonyl (C=O) groups excluding carboxylic acids is 1. The minimum Gasteiger partial charge on any atom is -0.481 e. The van der Waals surface area contributed by atoms with Crippen LogP contribution < -0.4 is 4.90 Å². The molecule has 2 aliphatic heterocycles. The number of hydrogen-bond acceptors (Lipinski definition) is 6. The largest absolute Gasteiger partial charge is 0.481 e. The second-order valence-electron chi connectivity index (χ2n) is 10.7. The maximum atomic E-state index is 12.7. The molecule has 1 fully saturated rings. The first kappa shape index (κ1) is 24.9. The summed E-state index contributed by atoms with van der Waals surface area (Å²) < 4.78 is 12.8. The van der Waals surface area contributed by atoms with Gasteiger partial charge in [-0.1, -0.05) is 24.6 Å². The number of imidazole rings is 1. The Bertz CT molecular complexity index is 1420. The van der Waals surface area contributed by atoms with Crippen LogP contribution in [0.3, 0.4) is 0 Å². The van der Waals surface area contributed by atoms with Crippen molar-refractivity contribution in [3.05, 3.63) is 58.4 Å². The summed E-state index contributed by atoms with van der Waals surface area (Å²) in [5, 5.41) is 21.6. The van der Waals surface area contributed by atoms with Crippen LogP contribution in [0.15, 0.2) is 30.3 Å². The first-order valence-corrected chi connectivity index (χ1v) is 13.4. The summed E-state index contributed by atoms with van der Waals surface area (Å²) in [6, 6.07) is 9.62. The van der Waals surface area contributed by atoms with Crippen LogP contribution in [-0.4, -0.2) is 45.0 Å². The molecule has 1 aromatic heterocycles. The van der Waals surface area contributed by atoms with Gasteiger partial charge in [-0.05, 0) is 67.9 Å². The molecule has 1 aliphatic carbocycles. The van der Waals surface area contributed by atoms with E-state index in [1.807, 2.05) is 37.3 Å². The maximum absolute atomic E-state index is 12.7. The van der Waals surface area contributed by atoms with E-state index < -0.39 is 24.1 Å². The second-order valence-corrected chi connectivity index (χ2v) is 10.7. The molecule has 9 nitrogen and oxygen atoms in total. The fraction of sp³-hybridized carbons (Fsp3) is 0.483. The molecule has 1 amide bonds. The number of carbonyl (C=O) groups is 2. The van der Waals surface area contributed by atoms with E-state index in [0.29, 0.717) is 31.9 Å². The third kappa shape index (κ3) is 3.96. The first-order chi connectivity index (χ1) is 18.4. The van der Waals surface area contributed by atoms with Crippen molar-refractivity contribution in [2.45, 2.75) is 76.9 Å². The van der Waals surface area contributed by atoms with Gasteiger partial charge in [0.15, 0.2) is 0 Å². The lowest BCUT2D eigenvalue weighted by Crippen LogP contribution is -2.42. The maximum Gasteiger partial charge on any atom is 0.414 e. The highest BCUT2D eigenvalue weighted by Crippen LogP contribution is 2.43. The number of fused-ring (bicyclic) bond motifs is 4. The lowest BCUT2D eigenvalue weighted by atomic mass is 9.85. The molecular formula is C29H33N3O6. The van der Waals surface area contributed by atoms with Gasteiger partial charge < -0.3 is 24.3 Å². The van der Waals surface area contributed by atoms with E-state index in [0.717, 1.165) is 64.7 Å². The number of benzene rings is 2. The predicted octanol–water partition coefficient (Wildman–Crippen LogP) is 4.87. The van der Waals surface area contributed by atoms with Crippen LogP contribution in [0.1, 0.15) is 79.3 Å². The molecule has 6 rings (SSSR count). The van der Waals surface area contributed by atoms with E-state index in [-0.39, 0.29) is 12.1 Å². The van der Waals surface area contributed by atoms with Crippen molar-refractivity contribution < 1.29 is 29.3 Å². The quantitative estimate of drug-likeness (QED) is 0.505. The number of ether oxygens (including phenoxy) is 2. The van der Waals surface area contributed by atoms with E-state index >= 15 is 0 Å². The highest BCUT2D eigenvalue weighted by molar-refractivity contribution is 5.95. The molecule has 2 N–H and O–H groups in total. The molecule has 38 heavy (non-hydrogen) atoms. The van der Waals surface area contributed by atoms with Crippen LogP contribution in [0.5, 0.6) is 0 Å². The number of aliphatic carboxylic acids is 1. The molecule has 0 radical (unpaired) electrons. The molecular weight excluding hydrogens is 486 g/mol. The number of anilines is 1. The topological polar surface area (TPSA) is 114 Å². The minimum atomic E-state index is -1.00. The van der Waals surface area contributed by atoms with Crippen molar-refractivity contribution in [1.82, 2.24) is 9.55 Å². The van der Waals surface area contributed by atoms with Crippen molar-refractivity contribution in [3.63, 3.8) is 0 Å². The first-order valence-electron chi connectivity index (χ1n) is 13.4. The Hall–Kier alpha value is -3.43. The monoisotopic (exact) mass is 519 g/mol. The number of carboxylic acids is 1. The van der Waals surface area contributed by atoms with Gasteiger partial charge in [0.05, 0.1) is 43.0 Å². The zero-order chi connectivity index (χ0) is 26.6. The number of carboxylic acid groups (broad SMARTS) is 1. The number of aryl methyl sites for hydroxylation is 1. The van der Waals surface area contributed by atoms with E-state index in [9.17, 15) is 19.8 Å². The molecule has 2 aromatic carbocycles. The molecule has 0 saturated heterocycles. The summed E-state index contributed by atoms with van der Waals surface area (Å²) in [5.74, 6) is -0.703. The lowest BCUT2D eigenvalue weighted by molar-refractivity contribution is -0.143. The Morgan fingerprint density at radius 2 is 1.97 bits per heavy atom. The Balaban J connectivity index is 1.54. The van der Waals surface area contributed by atoms with Crippen molar-refractivity contribution >= 4 is 28.8 Å². The van der Waals surface area contributed by atoms with Crippen molar-refractivity contribution in [2.24, 2.45) is 5.92 Å². The lowest BCUT2D eigenvalue weighted by Gasteiger charge is -2.34. The third-order valence-corrected chi connectivity index (χ3v) is 8.57. The fourth-order valence-corrected chi connectivity index (χ4v) is 6.62. The Kier molecular flexibility index (Phi) is 6.36. The zero-order valence-electron chi connectivity index (χ0n) is 21.7. The molecule has 3 heterocycles. The SMILES string of the molecule is COC(=O)N1c2ccc3c(nc(C(O)c4cccc5c4COC5)n3C3CCCC(C(=O)O)C3)c2CC[C@@H]1C. The van der Waals surface area contributed by atoms with Gasteiger partial charge in [-0.2, -0.15) is 0 Å². The van der Waals surface area contributed by atoms with Crippen molar-refractivity contribution in [3.8, 4) is 0 Å². The number of aromatic nitrogens is 2. The van der Waals surface area contributed by atoms with Gasteiger partial charge in [-0.15, -0.1) is 0 Å². The summed E-state index contributed by atoms with van der Waals surface area (Å²) in [5.41, 5.74) is 6.14. The molecule has 0 spiro atoms.